The van der Waals surface area contributed by atoms with Gasteiger partial charge >= 0.3 is 18.0 Å². The minimum absolute atomic E-state index is 0.0202. The number of nitrogens with zero attached hydrogens (tertiary/aromatic N) is 1. The number of hydrogen-bond acceptors (Lipinski definition) is 7. The number of imide groups is 1. The molecule has 1 saturated heterocycles. The van der Waals surface area contributed by atoms with E-state index in [-0.39, 0.29) is 23.8 Å². The van der Waals surface area contributed by atoms with Crippen LogP contribution >= 0.6 is 0 Å². The van der Waals surface area contributed by atoms with Crippen molar-refractivity contribution in [3.05, 3.63) is 59.2 Å². The highest BCUT2D eigenvalue weighted by Crippen LogP contribution is 2.20. The zero-order valence-corrected chi connectivity index (χ0v) is 15.1. The monoisotopic (exact) mass is 384 g/mol. The quantitative estimate of drug-likeness (QED) is 0.363. The first-order chi connectivity index (χ1) is 13.4. The Balaban J connectivity index is 1.72. The molecule has 3 rings (SSSR count). The number of furan rings is 1. The van der Waals surface area contributed by atoms with Crippen LogP contribution < -0.4 is 10.1 Å². The standard InChI is InChI=1S/C19H16N2O7/c1-11(22)27-13-5-3-12(4-6-13)9-15-17(23)21(19(25)20-15)10-14-7-8-16(28-14)18(24)26-2/h3-9H,10H2,1-2H3,(H,20,25)/b15-9-. The Labute approximate surface area is 159 Å². The van der Waals surface area contributed by atoms with Gasteiger partial charge < -0.3 is 19.2 Å². The van der Waals surface area contributed by atoms with E-state index in [0.717, 1.165) is 4.90 Å². The number of hydrogen-bond donors (Lipinski definition) is 1. The number of methoxy groups -OCH3 is 1. The smallest absolute Gasteiger partial charge is 0.373 e. The summed E-state index contributed by atoms with van der Waals surface area (Å²) in [5, 5.41) is 2.49. The van der Waals surface area contributed by atoms with Crippen LogP contribution in [0.25, 0.3) is 6.08 Å². The molecular weight excluding hydrogens is 368 g/mol. The first-order valence-corrected chi connectivity index (χ1v) is 8.17. The van der Waals surface area contributed by atoms with E-state index >= 15 is 0 Å². The third-order valence-electron chi connectivity index (χ3n) is 3.78. The molecule has 28 heavy (non-hydrogen) atoms. The molecule has 0 unspecified atom stereocenters. The van der Waals surface area contributed by atoms with Crippen molar-refractivity contribution in [3.63, 3.8) is 0 Å². The molecule has 1 N–H and O–H groups in total. The first kappa shape index (κ1) is 18.9. The van der Waals surface area contributed by atoms with E-state index in [2.05, 4.69) is 10.1 Å². The second-order valence-corrected chi connectivity index (χ2v) is 5.80. The zero-order valence-electron chi connectivity index (χ0n) is 15.1. The second kappa shape index (κ2) is 7.78. The van der Waals surface area contributed by atoms with Gasteiger partial charge in [0.05, 0.1) is 13.7 Å². The average molecular weight is 384 g/mol. The number of rotatable bonds is 5. The summed E-state index contributed by atoms with van der Waals surface area (Å²) in [6, 6.07) is 8.71. The molecule has 1 aromatic carbocycles. The number of esters is 2. The van der Waals surface area contributed by atoms with Gasteiger partial charge in [-0.25, -0.2) is 9.59 Å². The SMILES string of the molecule is COC(=O)c1ccc(CN2C(=O)N/C(=C\c3ccc(OC(C)=O)cc3)C2=O)o1. The molecule has 0 saturated carbocycles. The van der Waals surface area contributed by atoms with E-state index in [1.54, 1.807) is 24.3 Å². The molecular formula is C19H16N2O7. The van der Waals surface area contributed by atoms with E-state index in [1.807, 2.05) is 0 Å². The molecule has 0 bridgehead atoms. The summed E-state index contributed by atoms with van der Waals surface area (Å²) in [6.45, 7) is 1.16. The van der Waals surface area contributed by atoms with Crippen molar-refractivity contribution in [1.29, 1.82) is 0 Å². The highest BCUT2D eigenvalue weighted by molar-refractivity contribution is 6.13. The normalized spacial score (nSPS) is 14.9. The van der Waals surface area contributed by atoms with Gasteiger partial charge in [-0.15, -0.1) is 0 Å². The number of amides is 3. The molecule has 0 radical (unpaired) electrons. The van der Waals surface area contributed by atoms with Crippen molar-refractivity contribution in [2.24, 2.45) is 0 Å². The Bertz CT molecular complexity index is 972. The van der Waals surface area contributed by atoms with E-state index < -0.39 is 23.9 Å². The molecule has 0 aliphatic carbocycles. The summed E-state index contributed by atoms with van der Waals surface area (Å²) < 4.78 is 14.8. The van der Waals surface area contributed by atoms with Gasteiger partial charge in [0.1, 0.15) is 17.2 Å². The Hall–Kier alpha value is -3.88. The number of carbonyl (C=O) groups is 4. The molecule has 1 aliphatic rings. The molecule has 2 aromatic rings. The maximum atomic E-state index is 12.5. The van der Waals surface area contributed by atoms with E-state index in [4.69, 9.17) is 9.15 Å². The second-order valence-electron chi connectivity index (χ2n) is 5.80. The molecule has 0 spiro atoms. The van der Waals surface area contributed by atoms with Crippen LogP contribution in [0.5, 0.6) is 5.75 Å². The summed E-state index contributed by atoms with van der Waals surface area (Å²) in [5.41, 5.74) is 0.720. The first-order valence-electron chi connectivity index (χ1n) is 8.17. The highest BCUT2D eigenvalue weighted by Gasteiger charge is 2.34. The fourth-order valence-electron chi connectivity index (χ4n) is 2.51. The molecule has 9 heteroatoms. The Morgan fingerprint density at radius 2 is 1.86 bits per heavy atom. The number of benzene rings is 1. The van der Waals surface area contributed by atoms with Crippen LogP contribution in [-0.2, 0) is 20.9 Å². The number of urea groups is 1. The van der Waals surface area contributed by atoms with Crippen molar-refractivity contribution in [2.45, 2.75) is 13.5 Å². The van der Waals surface area contributed by atoms with Gasteiger partial charge in [0.25, 0.3) is 5.91 Å². The summed E-state index contributed by atoms with van der Waals surface area (Å²) in [6.07, 6.45) is 1.50. The Morgan fingerprint density at radius 1 is 1.14 bits per heavy atom. The van der Waals surface area contributed by atoms with Crippen molar-refractivity contribution in [1.82, 2.24) is 10.2 Å². The lowest BCUT2D eigenvalue weighted by atomic mass is 10.2. The van der Waals surface area contributed by atoms with Gasteiger partial charge in [-0.05, 0) is 35.9 Å². The maximum absolute atomic E-state index is 12.5. The van der Waals surface area contributed by atoms with Crippen LogP contribution in [0.1, 0.15) is 28.8 Å². The van der Waals surface area contributed by atoms with Gasteiger partial charge in [0.15, 0.2) is 0 Å². The van der Waals surface area contributed by atoms with Crippen molar-refractivity contribution in [3.8, 4) is 5.75 Å². The number of nitrogens with one attached hydrogen (secondary N) is 1. The predicted molar refractivity (Wildman–Crippen MR) is 94.9 cm³/mol. The van der Waals surface area contributed by atoms with Gasteiger partial charge in [-0.2, -0.15) is 0 Å². The number of ether oxygens (including phenoxy) is 2. The Kier molecular flexibility index (Phi) is 5.25. The fraction of sp³-hybridized carbons (Fsp3) is 0.158. The van der Waals surface area contributed by atoms with Crippen LogP contribution in [-0.4, -0.2) is 35.9 Å². The van der Waals surface area contributed by atoms with Crippen LogP contribution in [0.4, 0.5) is 4.79 Å². The topological polar surface area (TPSA) is 115 Å². The summed E-state index contributed by atoms with van der Waals surface area (Å²) >= 11 is 0. The molecule has 0 atom stereocenters. The maximum Gasteiger partial charge on any atom is 0.373 e. The third-order valence-corrected chi connectivity index (χ3v) is 3.78. The molecule has 3 amide bonds. The lowest BCUT2D eigenvalue weighted by Gasteiger charge is -2.09. The number of carbonyl (C=O) groups excluding carboxylic acids is 4. The molecule has 1 aromatic heterocycles. The third kappa shape index (κ3) is 4.09. The Morgan fingerprint density at radius 3 is 2.50 bits per heavy atom. The molecule has 2 heterocycles. The molecule has 9 nitrogen and oxygen atoms in total. The van der Waals surface area contributed by atoms with Crippen LogP contribution in [0, 0.1) is 0 Å². The minimum Gasteiger partial charge on any atom is -0.463 e. The van der Waals surface area contributed by atoms with Crippen molar-refractivity contribution < 1.29 is 33.1 Å². The summed E-state index contributed by atoms with van der Waals surface area (Å²) in [4.78, 5) is 47.9. The molecule has 144 valence electrons. The van der Waals surface area contributed by atoms with Crippen LogP contribution in [0.2, 0.25) is 0 Å². The van der Waals surface area contributed by atoms with Gasteiger partial charge in [-0.3, -0.25) is 14.5 Å². The predicted octanol–water partition coefficient (Wildman–Crippen LogP) is 2.08. The lowest BCUT2D eigenvalue weighted by molar-refractivity contribution is -0.132. The largest absolute Gasteiger partial charge is 0.463 e. The van der Waals surface area contributed by atoms with Gasteiger partial charge in [0, 0.05) is 6.92 Å². The molecule has 1 fully saturated rings. The molecule has 1 aliphatic heterocycles. The zero-order chi connectivity index (χ0) is 20.3. The van der Waals surface area contributed by atoms with E-state index in [1.165, 1.54) is 32.2 Å². The van der Waals surface area contributed by atoms with E-state index in [0.29, 0.717) is 11.3 Å². The minimum atomic E-state index is -0.652. The van der Waals surface area contributed by atoms with Crippen molar-refractivity contribution in [2.75, 3.05) is 7.11 Å². The highest BCUT2D eigenvalue weighted by atomic mass is 16.5. The fourth-order valence-corrected chi connectivity index (χ4v) is 2.51. The summed E-state index contributed by atoms with van der Waals surface area (Å²) in [7, 11) is 1.22. The van der Waals surface area contributed by atoms with E-state index in [9.17, 15) is 19.2 Å². The van der Waals surface area contributed by atoms with Crippen LogP contribution in [0.3, 0.4) is 0 Å². The van der Waals surface area contributed by atoms with Crippen LogP contribution in [0.15, 0.2) is 46.5 Å². The summed E-state index contributed by atoms with van der Waals surface area (Å²) in [5.74, 6) is -1.01. The van der Waals surface area contributed by atoms with Crippen molar-refractivity contribution >= 4 is 30.0 Å². The van der Waals surface area contributed by atoms with Gasteiger partial charge in [-0.1, -0.05) is 12.1 Å². The average Bonchev–Trinajstić information content (AvgIpc) is 3.23. The lowest BCUT2D eigenvalue weighted by Crippen LogP contribution is -2.30. The van der Waals surface area contributed by atoms with Gasteiger partial charge in [0.2, 0.25) is 5.76 Å².